The van der Waals surface area contributed by atoms with Gasteiger partial charge in [-0.1, -0.05) is 43.2 Å². The third-order valence-corrected chi connectivity index (χ3v) is 4.99. The molecule has 1 aliphatic heterocycles. The van der Waals surface area contributed by atoms with Gasteiger partial charge in [0.2, 0.25) is 5.91 Å². The Kier molecular flexibility index (Phi) is 4.86. The quantitative estimate of drug-likeness (QED) is 0.901. The lowest BCUT2D eigenvalue weighted by Gasteiger charge is -2.37. The summed E-state index contributed by atoms with van der Waals surface area (Å²) in [6.07, 6.45) is -2.06. The van der Waals surface area contributed by atoms with Crippen LogP contribution in [0.25, 0.3) is 0 Å². The lowest BCUT2D eigenvalue weighted by atomic mass is 9.87. The summed E-state index contributed by atoms with van der Waals surface area (Å²) >= 11 is 0. The molecular formula is C18H21F3N2O2. The first-order valence-electron chi connectivity index (χ1n) is 8.57. The molecule has 3 rings (SSSR count). The Hall–Kier alpha value is -1.89. The van der Waals surface area contributed by atoms with Crippen LogP contribution in [0.5, 0.6) is 0 Å². The van der Waals surface area contributed by atoms with Crippen LogP contribution in [0.1, 0.15) is 44.1 Å². The van der Waals surface area contributed by atoms with Crippen molar-refractivity contribution in [2.24, 2.45) is 11.0 Å². The lowest BCUT2D eigenvalue weighted by Crippen LogP contribution is -2.61. The number of hydrazone groups is 1. The van der Waals surface area contributed by atoms with E-state index in [0.29, 0.717) is 30.0 Å². The van der Waals surface area contributed by atoms with Crippen molar-refractivity contribution in [3.8, 4) is 0 Å². The summed E-state index contributed by atoms with van der Waals surface area (Å²) in [7, 11) is 0. The minimum atomic E-state index is -4.95. The van der Waals surface area contributed by atoms with Gasteiger partial charge in [-0.05, 0) is 31.2 Å². The number of hydrogen-bond acceptors (Lipinski definition) is 3. The highest BCUT2D eigenvalue weighted by Gasteiger charge is 2.67. The third kappa shape index (κ3) is 3.29. The van der Waals surface area contributed by atoms with Crippen molar-refractivity contribution in [3.63, 3.8) is 0 Å². The molecule has 0 unspecified atom stereocenters. The van der Waals surface area contributed by atoms with Gasteiger partial charge >= 0.3 is 6.18 Å². The first kappa shape index (κ1) is 17.9. The van der Waals surface area contributed by atoms with Gasteiger partial charge in [0, 0.05) is 12.1 Å². The average Bonchev–Trinajstić information content (AvgIpc) is 2.74. The van der Waals surface area contributed by atoms with Gasteiger partial charge in [-0.3, -0.25) is 4.79 Å². The molecule has 1 aliphatic carbocycles. The molecular weight excluding hydrogens is 333 g/mol. The summed E-state index contributed by atoms with van der Waals surface area (Å²) in [6, 6.07) is 9.06. The molecule has 1 heterocycles. The highest BCUT2D eigenvalue weighted by atomic mass is 19.4. The molecule has 0 bridgehead atoms. The molecule has 2 atom stereocenters. The molecule has 1 aromatic carbocycles. The van der Waals surface area contributed by atoms with Gasteiger partial charge in [0.25, 0.3) is 5.72 Å². The van der Waals surface area contributed by atoms with E-state index >= 15 is 0 Å². The largest absolute Gasteiger partial charge is 0.439 e. The Morgan fingerprint density at radius 2 is 1.96 bits per heavy atom. The Labute approximate surface area is 144 Å². The van der Waals surface area contributed by atoms with Crippen molar-refractivity contribution in [2.45, 2.75) is 56.8 Å². The monoisotopic (exact) mass is 354 g/mol. The van der Waals surface area contributed by atoms with Crippen LogP contribution < -0.4 is 0 Å². The number of benzene rings is 1. The van der Waals surface area contributed by atoms with Gasteiger partial charge < -0.3 is 5.11 Å². The molecule has 0 spiro atoms. The summed E-state index contributed by atoms with van der Waals surface area (Å²) in [5.41, 5.74) is -2.07. The average molecular weight is 354 g/mol. The molecule has 1 amide bonds. The number of rotatable bonds is 3. The van der Waals surface area contributed by atoms with E-state index < -0.39 is 23.7 Å². The zero-order chi connectivity index (χ0) is 18.1. The zero-order valence-corrected chi connectivity index (χ0v) is 13.8. The second kappa shape index (κ2) is 6.78. The molecule has 0 radical (unpaired) electrons. The molecule has 2 aliphatic rings. The standard InChI is InChI=1S/C18H21F3N2O2/c19-18(20,21)17(25)14-9-5-2-6-10-15(14)22-23(17)16(24)12-11-13-7-3-1-4-8-13/h1,3-4,7-8,14,25H,2,5-6,9-12H2/t14-,17-/m0/s1. The molecule has 0 aromatic heterocycles. The summed E-state index contributed by atoms with van der Waals surface area (Å²) in [5, 5.41) is 14.8. The van der Waals surface area contributed by atoms with E-state index in [4.69, 9.17) is 0 Å². The molecule has 1 saturated carbocycles. The zero-order valence-electron chi connectivity index (χ0n) is 13.8. The topological polar surface area (TPSA) is 52.9 Å². The fourth-order valence-corrected chi connectivity index (χ4v) is 3.64. The summed E-state index contributed by atoms with van der Waals surface area (Å²) in [6.45, 7) is 0. The number of hydrogen-bond donors (Lipinski definition) is 1. The van der Waals surface area contributed by atoms with E-state index in [0.717, 1.165) is 18.4 Å². The predicted molar refractivity (Wildman–Crippen MR) is 86.6 cm³/mol. The summed E-state index contributed by atoms with van der Waals surface area (Å²) in [4.78, 5) is 12.5. The molecule has 4 nitrogen and oxygen atoms in total. The number of halogens is 3. The molecule has 1 N–H and O–H groups in total. The van der Waals surface area contributed by atoms with Crippen molar-refractivity contribution >= 4 is 11.6 Å². The van der Waals surface area contributed by atoms with Crippen molar-refractivity contribution in [1.82, 2.24) is 5.01 Å². The maximum atomic E-state index is 13.7. The van der Waals surface area contributed by atoms with Crippen LogP contribution in [0.2, 0.25) is 0 Å². The highest BCUT2D eigenvalue weighted by molar-refractivity contribution is 5.93. The van der Waals surface area contributed by atoms with Gasteiger partial charge in [0.15, 0.2) is 0 Å². The number of amides is 1. The number of carbonyl (C=O) groups is 1. The maximum absolute atomic E-state index is 13.7. The Morgan fingerprint density at radius 1 is 1.24 bits per heavy atom. The lowest BCUT2D eigenvalue weighted by molar-refractivity contribution is -0.316. The van der Waals surface area contributed by atoms with Crippen LogP contribution in [0.4, 0.5) is 13.2 Å². The van der Waals surface area contributed by atoms with Crippen molar-refractivity contribution in [1.29, 1.82) is 0 Å². The van der Waals surface area contributed by atoms with E-state index in [9.17, 15) is 23.1 Å². The third-order valence-electron chi connectivity index (χ3n) is 4.99. The molecule has 136 valence electrons. The van der Waals surface area contributed by atoms with Crippen LogP contribution >= 0.6 is 0 Å². The number of aliphatic hydroxyl groups is 1. The van der Waals surface area contributed by atoms with Crippen molar-refractivity contribution in [2.75, 3.05) is 0 Å². The molecule has 0 saturated heterocycles. The Balaban J connectivity index is 1.83. The summed E-state index contributed by atoms with van der Waals surface area (Å²) < 4.78 is 41.1. The first-order valence-corrected chi connectivity index (χ1v) is 8.57. The van der Waals surface area contributed by atoms with E-state index in [2.05, 4.69) is 5.10 Å². The van der Waals surface area contributed by atoms with E-state index in [1.165, 1.54) is 0 Å². The smallest absolute Gasteiger partial charge is 0.362 e. The van der Waals surface area contributed by atoms with Crippen LogP contribution in [0.3, 0.4) is 0 Å². The minimum absolute atomic E-state index is 0.133. The normalized spacial score (nSPS) is 26.8. The molecule has 7 heteroatoms. The van der Waals surface area contributed by atoms with E-state index in [-0.39, 0.29) is 12.8 Å². The maximum Gasteiger partial charge on any atom is 0.439 e. The second-order valence-corrected chi connectivity index (χ2v) is 6.66. The Bertz CT molecular complexity index is 660. The van der Waals surface area contributed by atoms with E-state index in [1.54, 1.807) is 12.1 Å². The minimum Gasteiger partial charge on any atom is -0.362 e. The second-order valence-electron chi connectivity index (χ2n) is 6.66. The van der Waals surface area contributed by atoms with Crippen LogP contribution in [-0.4, -0.2) is 33.6 Å². The number of alkyl halides is 3. The van der Waals surface area contributed by atoms with Gasteiger partial charge in [-0.2, -0.15) is 23.3 Å². The molecule has 25 heavy (non-hydrogen) atoms. The molecule has 1 aromatic rings. The van der Waals surface area contributed by atoms with Crippen molar-refractivity contribution < 1.29 is 23.1 Å². The number of nitrogens with zero attached hydrogens (tertiary/aromatic N) is 2. The fraction of sp³-hybridized carbons (Fsp3) is 0.556. The number of fused-ring (bicyclic) bond motifs is 1. The highest BCUT2D eigenvalue weighted by Crippen LogP contribution is 2.47. The van der Waals surface area contributed by atoms with Gasteiger partial charge in [-0.25, -0.2) is 0 Å². The fourth-order valence-electron chi connectivity index (χ4n) is 3.64. The van der Waals surface area contributed by atoms with Crippen molar-refractivity contribution in [3.05, 3.63) is 35.9 Å². The van der Waals surface area contributed by atoms with Gasteiger partial charge in [0.05, 0.1) is 5.92 Å². The molecule has 1 fully saturated rings. The SMILES string of the molecule is O=C(CCc1ccccc1)N1N=C2CCCCC[C@@H]2[C@]1(O)C(F)(F)F. The van der Waals surface area contributed by atoms with Crippen LogP contribution in [-0.2, 0) is 11.2 Å². The Morgan fingerprint density at radius 3 is 2.64 bits per heavy atom. The predicted octanol–water partition coefficient (Wildman–Crippen LogP) is 3.65. The van der Waals surface area contributed by atoms with Crippen LogP contribution in [0, 0.1) is 5.92 Å². The van der Waals surface area contributed by atoms with Gasteiger partial charge in [0.1, 0.15) is 0 Å². The van der Waals surface area contributed by atoms with E-state index in [1.807, 2.05) is 18.2 Å². The number of aryl methyl sites for hydroxylation is 1. The van der Waals surface area contributed by atoms with Crippen LogP contribution in [0.15, 0.2) is 35.4 Å². The first-order chi connectivity index (χ1) is 11.8. The summed E-state index contributed by atoms with van der Waals surface area (Å²) in [5.74, 6) is -1.96. The number of carbonyl (C=O) groups excluding carboxylic acids is 1. The van der Waals surface area contributed by atoms with Gasteiger partial charge in [-0.15, -0.1) is 0 Å².